The Kier molecular flexibility index (Phi) is 5.73. The lowest BCUT2D eigenvalue weighted by Crippen LogP contribution is -2.26. The number of nitrogens with zero attached hydrogens (tertiary/aromatic N) is 2. The van der Waals surface area contributed by atoms with E-state index in [-0.39, 0.29) is 17.7 Å². The Balaban J connectivity index is 1.74. The lowest BCUT2D eigenvalue weighted by atomic mass is 9.96. The molecule has 156 valence electrons. The standard InChI is InChI=1S/C24H20ClN3O3/c1-28-20-7-3-2-6-18(20)23(30)22(24(28)31)21(29)13-19(15-8-10-16(25)11-9-15)27-17-5-4-12-26-14-17/h2-12,14,19,27,30H,13H2,1H3/t19-/m1/s1. The monoisotopic (exact) mass is 433 g/mol. The van der Waals surface area contributed by atoms with E-state index in [4.69, 9.17) is 11.6 Å². The predicted molar refractivity (Wildman–Crippen MR) is 122 cm³/mol. The zero-order chi connectivity index (χ0) is 22.0. The Bertz CT molecular complexity index is 1300. The van der Waals surface area contributed by atoms with E-state index in [9.17, 15) is 14.7 Å². The van der Waals surface area contributed by atoms with Crippen molar-refractivity contribution >= 4 is 34.0 Å². The number of anilines is 1. The van der Waals surface area contributed by atoms with E-state index in [1.165, 1.54) is 4.57 Å². The molecule has 0 spiro atoms. The second-order valence-electron chi connectivity index (χ2n) is 7.22. The van der Waals surface area contributed by atoms with Crippen molar-refractivity contribution in [2.75, 3.05) is 5.32 Å². The van der Waals surface area contributed by atoms with Gasteiger partial charge < -0.3 is 15.0 Å². The van der Waals surface area contributed by atoms with Gasteiger partial charge in [-0.05, 0) is 42.0 Å². The number of rotatable bonds is 6. The summed E-state index contributed by atoms with van der Waals surface area (Å²) in [6.07, 6.45) is 3.27. The van der Waals surface area contributed by atoms with Gasteiger partial charge in [0.1, 0.15) is 11.3 Å². The largest absolute Gasteiger partial charge is 0.506 e. The molecule has 0 aliphatic carbocycles. The first kappa shape index (κ1) is 20.6. The molecule has 2 heterocycles. The van der Waals surface area contributed by atoms with Crippen molar-refractivity contribution in [3.63, 3.8) is 0 Å². The van der Waals surface area contributed by atoms with Crippen molar-refractivity contribution in [2.45, 2.75) is 12.5 Å². The maximum atomic E-state index is 13.3. The summed E-state index contributed by atoms with van der Waals surface area (Å²) >= 11 is 6.02. The van der Waals surface area contributed by atoms with Gasteiger partial charge in [0.2, 0.25) is 0 Å². The van der Waals surface area contributed by atoms with Crippen LogP contribution in [0.2, 0.25) is 5.02 Å². The normalized spacial score (nSPS) is 11.9. The van der Waals surface area contributed by atoms with E-state index in [2.05, 4.69) is 10.3 Å². The molecule has 4 aromatic rings. The third-order valence-corrected chi connectivity index (χ3v) is 5.47. The Morgan fingerprint density at radius 1 is 1.13 bits per heavy atom. The maximum absolute atomic E-state index is 13.3. The average molecular weight is 434 g/mol. The number of Topliss-reactive ketones (excluding diaryl/α,β-unsaturated/α-hetero) is 1. The highest BCUT2D eigenvalue weighted by Gasteiger charge is 2.24. The minimum absolute atomic E-state index is 0.0440. The molecule has 0 aliphatic rings. The summed E-state index contributed by atoms with van der Waals surface area (Å²) in [5, 5.41) is 15.1. The highest BCUT2D eigenvalue weighted by Crippen LogP contribution is 2.30. The first-order valence-corrected chi connectivity index (χ1v) is 10.1. The smallest absolute Gasteiger partial charge is 0.265 e. The van der Waals surface area contributed by atoms with Crippen LogP contribution in [0, 0.1) is 0 Å². The van der Waals surface area contributed by atoms with Crippen LogP contribution in [-0.2, 0) is 7.05 Å². The molecule has 0 unspecified atom stereocenters. The number of fused-ring (bicyclic) bond motifs is 1. The number of para-hydroxylation sites is 1. The molecule has 7 heteroatoms. The Labute approximate surface area is 183 Å². The lowest BCUT2D eigenvalue weighted by Gasteiger charge is -2.20. The fourth-order valence-electron chi connectivity index (χ4n) is 3.61. The van der Waals surface area contributed by atoms with Crippen molar-refractivity contribution in [2.24, 2.45) is 7.05 Å². The molecule has 1 atom stereocenters. The Morgan fingerprint density at radius 3 is 2.58 bits per heavy atom. The molecule has 0 bridgehead atoms. The minimum atomic E-state index is -0.530. The predicted octanol–water partition coefficient (Wildman–Crippen LogP) is 4.72. The number of carbonyl (C=O) groups is 1. The number of aryl methyl sites for hydroxylation is 1. The van der Waals surface area contributed by atoms with E-state index >= 15 is 0 Å². The molecule has 31 heavy (non-hydrogen) atoms. The second-order valence-corrected chi connectivity index (χ2v) is 7.66. The SMILES string of the molecule is Cn1c(=O)c(C(=O)C[C@@H](Nc2cccnc2)c2ccc(Cl)cc2)c(O)c2ccccc21. The van der Waals surface area contributed by atoms with Gasteiger partial charge in [-0.15, -0.1) is 0 Å². The average Bonchev–Trinajstić information content (AvgIpc) is 2.78. The second kappa shape index (κ2) is 8.62. The molecule has 2 aromatic heterocycles. The van der Waals surface area contributed by atoms with Crippen LogP contribution in [0.3, 0.4) is 0 Å². The van der Waals surface area contributed by atoms with Gasteiger partial charge in [-0.2, -0.15) is 0 Å². The summed E-state index contributed by atoms with van der Waals surface area (Å²) in [6.45, 7) is 0. The fourth-order valence-corrected chi connectivity index (χ4v) is 3.74. The summed E-state index contributed by atoms with van der Waals surface area (Å²) in [5.74, 6) is -0.750. The highest BCUT2D eigenvalue weighted by atomic mass is 35.5. The molecule has 2 N–H and O–H groups in total. The van der Waals surface area contributed by atoms with Gasteiger partial charge in [-0.1, -0.05) is 35.9 Å². The number of aromatic nitrogens is 2. The number of benzene rings is 2. The minimum Gasteiger partial charge on any atom is -0.506 e. The number of ketones is 1. The fraction of sp³-hybridized carbons (Fsp3) is 0.125. The molecule has 2 aromatic carbocycles. The van der Waals surface area contributed by atoms with Crippen LogP contribution in [0.5, 0.6) is 5.75 Å². The first-order chi connectivity index (χ1) is 15.0. The molecule has 4 rings (SSSR count). The zero-order valence-corrected chi connectivity index (χ0v) is 17.5. The van der Waals surface area contributed by atoms with Gasteiger partial charge in [0.15, 0.2) is 5.78 Å². The van der Waals surface area contributed by atoms with Crippen LogP contribution in [0.25, 0.3) is 10.9 Å². The van der Waals surface area contributed by atoms with Crippen LogP contribution < -0.4 is 10.9 Å². The third kappa shape index (κ3) is 4.15. The van der Waals surface area contributed by atoms with Gasteiger partial charge in [-0.3, -0.25) is 14.6 Å². The van der Waals surface area contributed by atoms with Crippen LogP contribution in [0.1, 0.15) is 28.4 Å². The number of nitrogens with one attached hydrogen (secondary N) is 1. The number of halogens is 1. The molecule has 0 saturated carbocycles. The molecule has 0 amide bonds. The van der Waals surface area contributed by atoms with E-state index in [0.29, 0.717) is 15.9 Å². The van der Waals surface area contributed by atoms with Crippen LogP contribution in [0.4, 0.5) is 5.69 Å². The number of aromatic hydroxyl groups is 1. The Morgan fingerprint density at radius 2 is 1.87 bits per heavy atom. The van der Waals surface area contributed by atoms with Crippen LogP contribution in [0.15, 0.2) is 77.9 Å². The summed E-state index contributed by atoms with van der Waals surface area (Å²) in [4.78, 5) is 30.3. The van der Waals surface area contributed by atoms with Gasteiger partial charge in [0.05, 0.1) is 17.2 Å². The molecule has 0 aliphatic heterocycles. The number of hydrogen-bond acceptors (Lipinski definition) is 5. The van der Waals surface area contributed by atoms with E-state index in [1.807, 2.05) is 18.2 Å². The van der Waals surface area contributed by atoms with E-state index in [0.717, 1.165) is 11.3 Å². The topological polar surface area (TPSA) is 84.2 Å². The van der Waals surface area contributed by atoms with Crippen molar-refractivity contribution < 1.29 is 9.90 Å². The van der Waals surface area contributed by atoms with Gasteiger partial charge in [0, 0.05) is 36.3 Å². The van der Waals surface area contributed by atoms with Crippen molar-refractivity contribution in [1.82, 2.24) is 9.55 Å². The summed E-state index contributed by atoms with van der Waals surface area (Å²) in [7, 11) is 1.59. The molecular formula is C24H20ClN3O3. The molecule has 0 fully saturated rings. The Hall–Kier alpha value is -3.64. The maximum Gasteiger partial charge on any atom is 0.265 e. The third-order valence-electron chi connectivity index (χ3n) is 5.22. The summed E-state index contributed by atoms with van der Waals surface area (Å²) in [6, 6.07) is 17.2. The number of carbonyl (C=O) groups excluding carboxylic acids is 1. The van der Waals surface area contributed by atoms with Crippen molar-refractivity contribution in [1.29, 1.82) is 0 Å². The van der Waals surface area contributed by atoms with Gasteiger partial charge >= 0.3 is 0 Å². The quantitative estimate of drug-likeness (QED) is 0.430. The number of pyridine rings is 2. The van der Waals surface area contributed by atoms with Gasteiger partial charge in [0.25, 0.3) is 5.56 Å². The summed E-state index contributed by atoms with van der Waals surface area (Å²) < 4.78 is 1.38. The van der Waals surface area contributed by atoms with Crippen LogP contribution >= 0.6 is 11.6 Å². The molecule has 6 nitrogen and oxygen atoms in total. The molecular weight excluding hydrogens is 414 g/mol. The number of hydrogen-bond donors (Lipinski definition) is 2. The van der Waals surface area contributed by atoms with Crippen molar-refractivity contribution in [3.8, 4) is 5.75 Å². The van der Waals surface area contributed by atoms with E-state index < -0.39 is 17.4 Å². The highest BCUT2D eigenvalue weighted by molar-refractivity contribution is 6.30. The van der Waals surface area contributed by atoms with Crippen LogP contribution in [-0.4, -0.2) is 20.4 Å². The van der Waals surface area contributed by atoms with E-state index in [1.54, 1.807) is 61.9 Å². The summed E-state index contributed by atoms with van der Waals surface area (Å²) in [5.41, 5.74) is 1.36. The lowest BCUT2D eigenvalue weighted by molar-refractivity contribution is 0.0972. The molecule has 0 radical (unpaired) electrons. The van der Waals surface area contributed by atoms with Gasteiger partial charge in [-0.25, -0.2) is 0 Å². The zero-order valence-electron chi connectivity index (χ0n) is 16.7. The van der Waals surface area contributed by atoms with Crippen molar-refractivity contribution in [3.05, 3.63) is 99.6 Å². The molecule has 0 saturated heterocycles. The first-order valence-electron chi connectivity index (χ1n) is 9.71.